The van der Waals surface area contributed by atoms with Gasteiger partial charge in [0.25, 0.3) is 5.91 Å². The number of aliphatic imine (C=N–C) groups is 2. The molecule has 4 aliphatic rings. The third-order valence-electron chi connectivity index (χ3n) is 7.36. The Bertz CT molecular complexity index is 1300. The van der Waals surface area contributed by atoms with E-state index in [1.54, 1.807) is 0 Å². The number of ether oxygens (including phenoxy) is 1. The van der Waals surface area contributed by atoms with Crippen molar-refractivity contribution >= 4 is 29.6 Å². The zero-order valence-electron chi connectivity index (χ0n) is 20.4. The number of likely N-dealkylation sites (tertiary alicyclic amines) is 1. The number of imide groups is 1. The lowest BCUT2D eigenvalue weighted by molar-refractivity contribution is -0.230. The molecule has 5 rings (SSSR count). The molecule has 2 fully saturated rings. The van der Waals surface area contributed by atoms with Crippen molar-refractivity contribution in [3.8, 4) is 5.75 Å². The van der Waals surface area contributed by atoms with Crippen molar-refractivity contribution in [2.24, 2.45) is 21.5 Å². The molecular weight excluding hydrogens is 529 g/mol. The van der Waals surface area contributed by atoms with E-state index in [1.807, 2.05) is 0 Å². The minimum atomic E-state index is -4.78. The summed E-state index contributed by atoms with van der Waals surface area (Å²) in [4.78, 5) is 48.2. The van der Waals surface area contributed by atoms with Crippen molar-refractivity contribution in [3.05, 3.63) is 29.3 Å². The molecular formula is C22H25F3N8O6. The number of hydrogen-bond donors (Lipinski definition) is 6. The van der Waals surface area contributed by atoms with Gasteiger partial charge in [-0.3, -0.25) is 19.3 Å². The standard InChI is InChI=1S/C22H25F3N8O6/c1-39-11-5-9(4-10(6-11)22(23,24)25)17(36)29-13-8-33-19(27)28-12(7-32-14(34)2-3-15(32)35)16-20(33,21(13,37)38)31-18(26)30-16/h4-6,12-13,16,37-38H,2-3,7-8H2,1H3,(H2,27,28)(H,29,36)(H3,26,30,31). The molecule has 210 valence electrons. The molecule has 2 saturated heterocycles. The van der Waals surface area contributed by atoms with Gasteiger partial charge >= 0.3 is 6.18 Å². The van der Waals surface area contributed by atoms with Crippen LogP contribution < -0.4 is 26.8 Å². The zero-order valence-corrected chi connectivity index (χ0v) is 20.4. The van der Waals surface area contributed by atoms with E-state index in [0.29, 0.717) is 12.1 Å². The summed E-state index contributed by atoms with van der Waals surface area (Å²) in [5.41, 5.74) is 8.50. The van der Waals surface area contributed by atoms with Gasteiger partial charge in [0.1, 0.15) is 17.8 Å². The van der Waals surface area contributed by atoms with Crippen molar-refractivity contribution in [3.63, 3.8) is 0 Å². The second kappa shape index (κ2) is 8.70. The number of guanidine groups is 2. The summed E-state index contributed by atoms with van der Waals surface area (Å²) >= 11 is 0. The van der Waals surface area contributed by atoms with Gasteiger partial charge in [-0.25, -0.2) is 9.98 Å². The fourth-order valence-corrected chi connectivity index (χ4v) is 5.50. The smallest absolute Gasteiger partial charge is 0.416 e. The molecule has 1 spiro atoms. The lowest BCUT2D eigenvalue weighted by atomic mass is 9.84. The molecule has 1 aromatic carbocycles. The SMILES string of the molecule is COc1cc(C(=O)NC2CN3C(N)=NC(CN4C(=O)CCC4=O)C4N=C(N)NC43C2(O)O)cc(C(F)(F)F)c1. The van der Waals surface area contributed by atoms with Crippen LogP contribution in [0.25, 0.3) is 0 Å². The largest absolute Gasteiger partial charge is 0.497 e. The van der Waals surface area contributed by atoms with Crippen LogP contribution in [0.3, 0.4) is 0 Å². The predicted molar refractivity (Wildman–Crippen MR) is 126 cm³/mol. The molecule has 0 saturated carbocycles. The van der Waals surface area contributed by atoms with Gasteiger partial charge in [-0.05, 0) is 18.2 Å². The Kier molecular flexibility index (Phi) is 5.91. The topological polar surface area (TPSA) is 208 Å². The minimum absolute atomic E-state index is 0.0225. The Hall–Kier alpha value is -4.12. The molecule has 4 aliphatic heterocycles. The molecule has 39 heavy (non-hydrogen) atoms. The Morgan fingerprint density at radius 2 is 1.87 bits per heavy atom. The molecule has 0 bridgehead atoms. The number of benzene rings is 1. The van der Waals surface area contributed by atoms with Crippen molar-refractivity contribution in [1.82, 2.24) is 20.4 Å². The van der Waals surface area contributed by atoms with E-state index in [9.17, 15) is 37.8 Å². The van der Waals surface area contributed by atoms with Crippen LogP contribution in [-0.4, -0.2) is 99.4 Å². The molecule has 1 aromatic rings. The molecule has 3 amide bonds. The first-order valence-electron chi connectivity index (χ1n) is 11.8. The van der Waals surface area contributed by atoms with Gasteiger partial charge in [0, 0.05) is 24.9 Å². The number of nitrogens with two attached hydrogens (primary N) is 2. The van der Waals surface area contributed by atoms with Crippen LogP contribution in [0.4, 0.5) is 13.2 Å². The molecule has 14 nitrogen and oxygen atoms in total. The average molecular weight is 554 g/mol. The maximum Gasteiger partial charge on any atom is 0.416 e. The van der Waals surface area contributed by atoms with Gasteiger partial charge in [0.2, 0.25) is 17.6 Å². The van der Waals surface area contributed by atoms with Gasteiger partial charge in [-0.2, -0.15) is 13.2 Å². The van der Waals surface area contributed by atoms with Gasteiger partial charge in [0.15, 0.2) is 17.6 Å². The highest BCUT2D eigenvalue weighted by atomic mass is 19.4. The van der Waals surface area contributed by atoms with Crippen LogP contribution in [0.15, 0.2) is 28.2 Å². The van der Waals surface area contributed by atoms with Crippen molar-refractivity contribution in [2.45, 2.75) is 48.6 Å². The number of nitrogens with zero attached hydrogens (tertiary/aromatic N) is 4. The second-order valence-corrected chi connectivity index (χ2v) is 9.61. The molecule has 4 atom stereocenters. The van der Waals surface area contributed by atoms with Crippen molar-refractivity contribution in [2.75, 3.05) is 20.2 Å². The second-order valence-electron chi connectivity index (χ2n) is 9.61. The Morgan fingerprint density at radius 3 is 2.49 bits per heavy atom. The first-order valence-corrected chi connectivity index (χ1v) is 11.8. The average Bonchev–Trinajstić information content (AvgIpc) is 3.46. The molecule has 0 radical (unpaired) electrons. The van der Waals surface area contributed by atoms with Crippen LogP contribution in [0.1, 0.15) is 28.8 Å². The molecule has 4 heterocycles. The van der Waals surface area contributed by atoms with E-state index >= 15 is 0 Å². The minimum Gasteiger partial charge on any atom is -0.497 e. The Morgan fingerprint density at radius 1 is 1.21 bits per heavy atom. The third-order valence-corrected chi connectivity index (χ3v) is 7.36. The summed E-state index contributed by atoms with van der Waals surface area (Å²) in [6.45, 7) is -0.612. The van der Waals surface area contributed by atoms with E-state index in [4.69, 9.17) is 16.2 Å². The number of halogens is 3. The maximum atomic E-state index is 13.4. The molecule has 8 N–H and O–H groups in total. The van der Waals surface area contributed by atoms with Crippen molar-refractivity contribution in [1.29, 1.82) is 0 Å². The maximum absolute atomic E-state index is 13.4. The van der Waals surface area contributed by atoms with E-state index in [2.05, 4.69) is 20.6 Å². The van der Waals surface area contributed by atoms with Gasteiger partial charge < -0.3 is 42.0 Å². The normalized spacial score (nSPS) is 29.4. The summed E-state index contributed by atoms with van der Waals surface area (Å²) in [5.74, 6) is -5.47. The highest BCUT2D eigenvalue weighted by Crippen LogP contribution is 2.45. The number of rotatable bonds is 5. The number of nitrogens with one attached hydrogen (secondary N) is 2. The number of carbonyl (C=O) groups excluding carboxylic acids is 3. The van der Waals surface area contributed by atoms with E-state index in [0.717, 1.165) is 18.1 Å². The van der Waals surface area contributed by atoms with Crippen LogP contribution in [0.5, 0.6) is 5.75 Å². The summed E-state index contributed by atoms with van der Waals surface area (Å²) in [6, 6.07) is -1.37. The Balaban J connectivity index is 1.46. The molecule has 4 unspecified atom stereocenters. The lowest BCUT2D eigenvalue weighted by Crippen LogP contribution is -2.78. The first-order chi connectivity index (χ1) is 18.2. The fraction of sp³-hybridized carbons (Fsp3) is 0.500. The Labute approximate surface area is 218 Å². The van der Waals surface area contributed by atoms with Gasteiger partial charge in [-0.1, -0.05) is 0 Å². The molecule has 17 heteroatoms. The van der Waals surface area contributed by atoms with Gasteiger partial charge in [0.05, 0.1) is 25.3 Å². The predicted octanol–water partition coefficient (Wildman–Crippen LogP) is -2.36. The fourth-order valence-electron chi connectivity index (χ4n) is 5.50. The third kappa shape index (κ3) is 3.99. The number of aliphatic hydroxyl groups is 2. The first kappa shape index (κ1) is 26.5. The van der Waals surface area contributed by atoms with E-state index in [1.165, 1.54) is 4.90 Å². The number of methoxy groups -OCH3 is 1. The highest BCUT2D eigenvalue weighted by molar-refractivity contribution is 6.02. The van der Waals surface area contributed by atoms with Crippen LogP contribution in [-0.2, 0) is 15.8 Å². The highest BCUT2D eigenvalue weighted by Gasteiger charge is 2.73. The molecule has 0 aliphatic carbocycles. The monoisotopic (exact) mass is 554 g/mol. The van der Waals surface area contributed by atoms with Gasteiger partial charge in [-0.15, -0.1) is 0 Å². The van der Waals surface area contributed by atoms with Crippen LogP contribution in [0.2, 0.25) is 0 Å². The van der Waals surface area contributed by atoms with Crippen LogP contribution in [0, 0.1) is 0 Å². The van der Waals surface area contributed by atoms with Crippen LogP contribution >= 0.6 is 0 Å². The number of hydrogen-bond acceptors (Lipinski definition) is 12. The zero-order chi connectivity index (χ0) is 28.5. The van der Waals surface area contributed by atoms with Crippen molar-refractivity contribution < 1.29 is 42.5 Å². The summed E-state index contributed by atoms with van der Waals surface area (Å²) < 4.78 is 44.9. The number of carbonyl (C=O) groups is 3. The summed E-state index contributed by atoms with van der Waals surface area (Å²) in [5, 5.41) is 28.0. The quantitative estimate of drug-likeness (QED) is 0.168. The lowest BCUT2D eigenvalue weighted by Gasteiger charge is -2.49. The summed E-state index contributed by atoms with van der Waals surface area (Å²) in [6.07, 6.45) is -4.73. The van der Waals surface area contributed by atoms with E-state index in [-0.39, 0.29) is 43.6 Å². The number of alkyl halides is 3. The number of amides is 3. The van der Waals surface area contributed by atoms with E-state index < -0.39 is 64.6 Å². The summed E-state index contributed by atoms with van der Waals surface area (Å²) in [7, 11) is 1.13. The molecule has 0 aromatic heterocycles.